The first-order valence-corrected chi connectivity index (χ1v) is 13.3. The fourth-order valence-corrected chi connectivity index (χ4v) is 4.51. The highest BCUT2D eigenvalue weighted by atomic mass is 35.5. The van der Waals surface area contributed by atoms with Crippen LogP contribution in [0, 0.1) is 11.6 Å². The molecular weight excluding hydrogens is 523 g/mol. The third-order valence-electron chi connectivity index (χ3n) is 5.43. The van der Waals surface area contributed by atoms with E-state index in [2.05, 4.69) is 5.32 Å². The summed E-state index contributed by atoms with van der Waals surface area (Å²) in [7, 11) is -4.09. The van der Waals surface area contributed by atoms with Crippen LogP contribution < -0.4 is 9.62 Å². The first-order valence-electron chi connectivity index (χ1n) is 10.7. The molecule has 0 aliphatic carbocycles. The third-order valence-corrected chi connectivity index (χ3v) is 7.28. The summed E-state index contributed by atoms with van der Waals surface area (Å²) < 4.78 is 52.8. The summed E-state index contributed by atoms with van der Waals surface area (Å²) in [6, 6.07) is 6.04. The zero-order valence-electron chi connectivity index (χ0n) is 19.7. The summed E-state index contributed by atoms with van der Waals surface area (Å²) >= 11 is 12.5. The van der Waals surface area contributed by atoms with Crippen molar-refractivity contribution in [2.45, 2.75) is 45.8 Å². The number of hydrogen-bond donors (Lipinski definition) is 1. The van der Waals surface area contributed by atoms with Gasteiger partial charge in [-0.05, 0) is 44.5 Å². The normalized spacial score (nSPS) is 13.1. The van der Waals surface area contributed by atoms with Crippen LogP contribution in [0.5, 0.6) is 0 Å². The van der Waals surface area contributed by atoms with Gasteiger partial charge in [-0.1, -0.05) is 36.2 Å². The molecule has 0 heterocycles. The van der Waals surface area contributed by atoms with Crippen LogP contribution >= 0.6 is 23.2 Å². The molecule has 0 bridgehead atoms. The van der Waals surface area contributed by atoms with E-state index >= 15 is 0 Å². The van der Waals surface area contributed by atoms with Gasteiger partial charge in [0.1, 0.15) is 12.6 Å². The van der Waals surface area contributed by atoms with Crippen molar-refractivity contribution in [3.8, 4) is 0 Å². The molecule has 192 valence electrons. The molecule has 1 N–H and O–H groups in total. The molecule has 0 aliphatic rings. The third kappa shape index (κ3) is 7.52. The lowest BCUT2D eigenvalue weighted by Gasteiger charge is -2.32. The summed E-state index contributed by atoms with van der Waals surface area (Å²) in [4.78, 5) is 27.4. The first kappa shape index (κ1) is 28.8. The highest BCUT2D eigenvalue weighted by Crippen LogP contribution is 2.27. The molecule has 2 rings (SSSR count). The Morgan fingerprint density at radius 3 is 2.17 bits per heavy atom. The molecule has 0 saturated carbocycles. The van der Waals surface area contributed by atoms with Crippen molar-refractivity contribution in [1.29, 1.82) is 0 Å². The van der Waals surface area contributed by atoms with Crippen molar-refractivity contribution in [2.75, 3.05) is 17.1 Å². The van der Waals surface area contributed by atoms with Gasteiger partial charge in [-0.2, -0.15) is 0 Å². The van der Waals surface area contributed by atoms with Crippen molar-refractivity contribution in [3.63, 3.8) is 0 Å². The first-order chi connectivity index (χ1) is 16.3. The number of halogens is 4. The second-order valence-electron chi connectivity index (χ2n) is 8.08. The van der Waals surface area contributed by atoms with E-state index in [9.17, 15) is 26.8 Å². The molecule has 0 radical (unpaired) electrons. The van der Waals surface area contributed by atoms with E-state index in [0.717, 1.165) is 23.3 Å². The van der Waals surface area contributed by atoms with Crippen molar-refractivity contribution < 1.29 is 26.8 Å². The van der Waals surface area contributed by atoms with Gasteiger partial charge in [0.15, 0.2) is 11.6 Å². The van der Waals surface area contributed by atoms with Crippen LogP contribution in [0.25, 0.3) is 0 Å². The number of amides is 2. The molecular formula is C23H27Cl2F2N3O4S. The fourth-order valence-electron chi connectivity index (χ4n) is 3.16. The minimum absolute atomic E-state index is 0.166. The van der Waals surface area contributed by atoms with Gasteiger partial charge >= 0.3 is 0 Å². The van der Waals surface area contributed by atoms with E-state index in [1.165, 1.54) is 6.92 Å². The Labute approximate surface area is 214 Å². The Morgan fingerprint density at radius 1 is 1.06 bits per heavy atom. The molecule has 0 unspecified atom stereocenters. The molecule has 12 heteroatoms. The van der Waals surface area contributed by atoms with Crippen LogP contribution in [0.15, 0.2) is 36.4 Å². The van der Waals surface area contributed by atoms with Crippen molar-refractivity contribution in [2.24, 2.45) is 0 Å². The fraction of sp³-hybridized carbons (Fsp3) is 0.391. The largest absolute Gasteiger partial charge is 0.352 e. The SMILES string of the molecule is CC[C@H](C)NC(=O)[C@H](C)N(Cc1c(Cl)cccc1Cl)C(=O)CN(c1ccc(F)c(F)c1)S(C)(=O)=O. The number of carbonyl (C=O) groups excluding carboxylic acids is 2. The number of sulfonamides is 1. The van der Waals surface area contributed by atoms with E-state index in [4.69, 9.17) is 23.2 Å². The van der Waals surface area contributed by atoms with Gasteiger partial charge in [-0.15, -0.1) is 0 Å². The van der Waals surface area contributed by atoms with Crippen LogP contribution in [0.3, 0.4) is 0 Å². The Balaban J connectivity index is 2.47. The number of rotatable bonds is 10. The number of benzene rings is 2. The molecule has 0 spiro atoms. The predicted molar refractivity (Wildman–Crippen MR) is 133 cm³/mol. The number of anilines is 1. The minimum atomic E-state index is -4.09. The molecule has 35 heavy (non-hydrogen) atoms. The predicted octanol–water partition coefficient (Wildman–Crippen LogP) is 4.37. The zero-order valence-corrected chi connectivity index (χ0v) is 22.0. The van der Waals surface area contributed by atoms with Gasteiger partial charge in [0.2, 0.25) is 21.8 Å². The topological polar surface area (TPSA) is 86.8 Å². The Morgan fingerprint density at radius 2 is 1.66 bits per heavy atom. The van der Waals surface area contributed by atoms with Gasteiger partial charge in [0.05, 0.1) is 11.9 Å². The molecule has 2 atom stereocenters. The number of nitrogens with zero attached hydrogens (tertiary/aromatic N) is 2. The van der Waals surface area contributed by atoms with Crippen molar-refractivity contribution in [3.05, 3.63) is 63.6 Å². The maximum absolute atomic E-state index is 13.8. The Kier molecular flexibility index (Phi) is 9.88. The molecule has 2 aromatic carbocycles. The summed E-state index contributed by atoms with van der Waals surface area (Å²) in [6.07, 6.45) is 1.48. The molecule has 0 saturated heterocycles. The van der Waals surface area contributed by atoms with Gasteiger partial charge < -0.3 is 10.2 Å². The quantitative estimate of drug-likeness (QED) is 0.476. The molecule has 0 aliphatic heterocycles. The molecule has 0 fully saturated rings. The van der Waals surface area contributed by atoms with Gasteiger partial charge in [-0.25, -0.2) is 17.2 Å². The van der Waals surface area contributed by atoms with Crippen LogP contribution in [-0.4, -0.2) is 50.0 Å². The summed E-state index contributed by atoms with van der Waals surface area (Å²) in [5, 5.41) is 3.30. The van der Waals surface area contributed by atoms with Crippen molar-refractivity contribution in [1.82, 2.24) is 10.2 Å². The Hall–Kier alpha value is -2.43. The standard InChI is InChI=1S/C23H27Cl2F2N3O4S/c1-5-14(2)28-23(32)15(3)29(12-17-18(24)7-6-8-19(17)25)22(31)13-30(35(4,33)34)16-9-10-20(26)21(27)11-16/h6-11,14-15H,5,12-13H2,1-4H3,(H,28,32)/t14-,15-/m0/s1. The maximum Gasteiger partial charge on any atom is 0.244 e. The second kappa shape index (κ2) is 12.0. The summed E-state index contributed by atoms with van der Waals surface area (Å²) in [6.45, 7) is 4.21. The molecule has 0 aromatic heterocycles. The number of nitrogens with one attached hydrogen (secondary N) is 1. The van der Waals surface area contributed by atoms with E-state index in [1.807, 2.05) is 6.92 Å². The average molecular weight is 550 g/mol. The second-order valence-corrected chi connectivity index (χ2v) is 10.8. The van der Waals surface area contributed by atoms with E-state index in [1.54, 1.807) is 25.1 Å². The average Bonchev–Trinajstić information content (AvgIpc) is 2.77. The molecule has 7 nitrogen and oxygen atoms in total. The number of carbonyl (C=O) groups is 2. The smallest absolute Gasteiger partial charge is 0.244 e. The van der Waals surface area contributed by atoms with Crippen LogP contribution in [0.4, 0.5) is 14.5 Å². The van der Waals surface area contributed by atoms with Gasteiger partial charge in [0, 0.05) is 34.3 Å². The monoisotopic (exact) mass is 549 g/mol. The summed E-state index contributed by atoms with van der Waals surface area (Å²) in [5.41, 5.74) is 0.123. The van der Waals surface area contributed by atoms with Crippen LogP contribution in [0.1, 0.15) is 32.8 Å². The lowest BCUT2D eigenvalue weighted by atomic mass is 10.1. The minimum Gasteiger partial charge on any atom is -0.352 e. The maximum atomic E-state index is 13.8. The highest BCUT2D eigenvalue weighted by molar-refractivity contribution is 7.92. The van der Waals surface area contributed by atoms with E-state index < -0.39 is 46.1 Å². The lowest BCUT2D eigenvalue weighted by Crippen LogP contribution is -2.52. The van der Waals surface area contributed by atoms with Crippen molar-refractivity contribution >= 4 is 50.7 Å². The highest BCUT2D eigenvalue weighted by Gasteiger charge is 2.31. The number of hydrogen-bond acceptors (Lipinski definition) is 4. The van der Waals surface area contributed by atoms with E-state index in [-0.39, 0.29) is 28.3 Å². The molecule has 2 amide bonds. The molecule has 2 aromatic rings. The van der Waals surface area contributed by atoms with Gasteiger partial charge in [0.25, 0.3) is 0 Å². The zero-order chi connectivity index (χ0) is 26.5. The summed E-state index contributed by atoms with van der Waals surface area (Å²) in [5.74, 6) is -3.68. The van der Waals surface area contributed by atoms with Crippen LogP contribution in [0.2, 0.25) is 10.0 Å². The Bertz CT molecular complexity index is 1180. The van der Waals surface area contributed by atoms with Gasteiger partial charge in [-0.3, -0.25) is 13.9 Å². The van der Waals surface area contributed by atoms with E-state index in [0.29, 0.717) is 22.4 Å². The van der Waals surface area contributed by atoms with Crippen LogP contribution in [-0.2, 0) is 26.2 Å². The lowest BCUT2D eigenvalue weighted by molar-refractivity contribution is -0.139.